The fraction of sp³-hybridized carbons (Fsp3) is 0.250. The number of hydrogen-bond acceptors (Lipinski definition) is 4. The number of thioether (sulfide) groups is 1. The molecule has 26 heavy (non-hydrogen) atoms. The summed E-state index contributed by atoms with van der Waals surface area (Å²) >= 11 is 1.42. The number of carbonyl (C=O) groups excluding carboxylic acids is 1. The van der Waals surface area contributed by atoms with Gasteiger partial charge in [-0.05, 0) is 25.3 Å². The monoisotopic (exact) mass is 366 g/mol. The Hall–Kier alpha value is -2.60. The first-order valence-electron chi connectivity index (χ1n) is 8.60. The summed E-state index contributed by atoms with van der Waals surface area (Å²) in [7, 11) is 0. The number of amides is 1. The Kier molecular flexibility index (Phi) is 5.73. The topological polar surface area (TPSA) is 51.0 Å². The van der Waals surface area contributed by atoms with Crippen LogP contribution in [0, 0.1) is 0 Å². The maximum Gasteiger partial charge on any atom is 0.240 e. The highest BCUT2D eigenvalue weighted by atomic mass is 32.2. The van der Waals surface area contributed by atoms with Crippen molar-refractivity contribution >= 4 is 34.1 Å². The minimum Gasteiger partial charge on any atom is -0.311 e. The standard InChI is InChI=1S/C20H22N4OS/c1-4-13-23-14-21-22-20(23)26-15(3)19(25)24(5-2)18-12-8-10-16-9-6-7-11-17(16)18/h4,6-12,14-15H,1,5,13H2,2-3H3. The van der Waals surface area contributed by atoms with Gasteiger partial charge >= 0.3 is 0 Å². The lowest BCUT2D eigenvalue weighted by Gasteiger charge is -2.25. The van der Waals surface area contributed by atoms with Gasteiger partial charge in [0, 0.05) is 18.5 Å². The molecule has 0 fully saturated rings. The number of aromatic nitrogens is 3. The van der Waals surface area contributed by atoms with Gasteiger partial charge in [0.25, 0.3) is 0 Å². The molecule has 0 aliphatic rings. The van der Waals surface area contributed by atoms with Crippen LogP contribution >= 0.6 is 11.8 Å². The zero-order valence-corrected chi connectivity index (χ0v) is 15.8. The molecule has 0 saturated carbocycles. The number of anilines is 1. The molecule has 5 nitrogen and oxygen atoms in total. The minimum absolute atomic E-state index is 0.0574. The van der Waals surface area contributed by atoms with Crippen LogP contribution in [0.2, 0.25) is 0 Å². The summed E-state index contributed by atoms with van der Waals surface area (Å²) in [6.45, 7) is 8.88. The first-order chi connectivity index (χ1) is 12.7. The summed E-state index contributed by atoms with van der Waals surface area (Å²) in [5.74, 6) is 0.0574. The van der Waals surface area contributed by atoms with Crippen molar-refractivity contribution in [3.8, 4) is 0 Å². The number of nitrogens with zero attached hydrogens (tertiary/aromatic N) is 4. The second kappa shape index (κ2) is 8.19. The van der Waals surface area contributed by atoms with E-state index >= 15 is 0 Å². The zero-order valence-electron chi connectivity index (χ0n) is 15.0. The third kappa shape index (κ3) is 3.65. The van der Waals surface area contributed by atoms with Crippen LogP contribution in [0.1, 0.15) is 13.8 Å². The van der Waals surface area contributed by atoms with Gasteiger partial charge in [0.1, 0.15) is 6.33 Å². The van der Waals surface area contributed by atoms with E-state index in [0.717, 1.165) is 21.6 Å². The van der Waals surface area contributed by atoms with Crippen LogP contribution in [0.3, 0.4) is 0 Å². The normalized spacial score (nSPS) is 12.1. The molecule has 1 heterocycles. The minimum atomic E-state index is -0.276. The Balaban J connectivity index is 1.86. The highest BCUT2D eigenvalue weighted by Gasteiger charge is 2.24. The average Bonchev–Trinajstić information content (AvgIpc) is 3.09. The van der Waals surface area contributed by atoms with Crippen LogP contribution in [0.5, 0.6) is 0 Å². The van der Waals surface area contributed by atoms with Gasteiger partial charge in [-0.3, -0.25) is 4.79 Å². The largest absolute Gasteiger partial charge is 0.311 e. The van der Waals surface area contributed by atoms with Gasteiger partial charge in [0.05, 0.1) is 10.9 Å². The first-order valence-corrected chi connectivity index (χ1v) is 9.48. The van der Waals surface area contributed by atoms with Crippen molar-refractivity contribution in [1.82, 2.24) is 14.8 Å². The molecule has 1 atom stereocenters. The van der Waals surface area contributed by atoms with Crippen molar-refractivity contribution in [2.24, 2.45) is 0 Å². The first kappa shape index (κ1) is 18.2. The fourth-order valence-electron chi connectivity index (χ4n) is 2.92. The van der Waals surface area contributed by atoms with Gasteiger partial charge in [0.15, 0.2) is 5.16 Å². The third-order valence-corrected chi connectivity index (χ3v) is 5.26. The van der Waals surface area contributed by atoms with E-state index in [1.807, 2.05) is 47.6 Å². The Labute approximate surface area is 157 Å². The SMILES string of the molecule is C=CCn1cnnc1SC(C)C(=O)N(CC)c1cccc2ccccc12. The molecule has 3 rings (SSSR count). The summed E-state index contributed by atoms with van der Waals surface area (Å²) in [6, 6.07) is 14.2. The number of carbonyl (C=O) groups is 1. The average molecular weight is 366 g/mol. The quantitative estimate of drug-likeness (QED) is 0.466. The summed E-state index contributed by atoms with van der Waals surface area (Å²) in [5, 5.41) is 10.7. The molecule has 0 saturated heterocycles. The maximum absolute atomic E-state index is 13.1. The summed E-state index contributed by atoms with van der Waals surface area (Å²) in [5.41, 5.74) is 0.940. The third-order valence-electron chi connectivity index (χ3n) is 4.18. The van der Waals surface area contributed by atoms with Crippen molar-refractivity contribution in [1.29, 1.82) is 0 Å². The molecule has 3 aromatic rings. The molecule has 0 spiro atoms. The molecule has 6 heteroatoms. The van der Waals surface area contributed by atoms with E-state index in [0.29, 0.717) is 13.1 Å². The number of rotatable bonds is 7. The van der Waals surface area contributed by atoms with E-state index in [1.54, 1.807) is 12.4 Å². The van der Waals surface area contributed by atoms with Gasteiger partial charge in [-0.25, -0.2) is 0 Å². The number of benzene rings is 2. The second-order valence-corrected chi connectivity index (χ2v) is 7.20. The summed E-state index contributed by atoms with van der Waals surface area (Å²) in [6.07, 6.45) is 3.44. The summed E-state index contributed by atoms with van der Waals surface area (Å²) < 4.78 is 1.88. The Morgan fingerprint density at radius 2 is 2.08 bits per heavy atom. The fourth-order valence-corrected chi connectivity index (χ4v) is 3.81. The number of fused-ring (bicyclic) bond motifs is 1. The number of allylic oxidation sites excluding steroid dienone is 1. The lowest BCUT2D eigenvalue weighted by atomic mass is 10.1. The van der Waals surface area contributed by atoms with Gasteiger partial charge in [-0.1, -0.05) is 54.2 Å². The van der Waals surface area contributed by atoms with E-state index in [9.17, 15) is 4.79 Å². The van der Waals surface area contributed by atoms with Crippen molar-refractivity contribution < 1.29 is 4.79 Å². The van der Waals surface area contributed by atoms with Crippen molar-refractivity contribution in [3.63, 3.8) is 0 Å². The van der Waals surface area contributed by atoms with Crippen LogP contribution in [0.4, 0.5) is 5.69 Å². The lowest BCUT2D eigenvalue weighted by Crippen LogP contribution is -2.36. The summed E-state index contributed by atoms with van der Waals surface area (Å²) in [4.78, 5) is 15.0. The maximum atomic E-state index is 13.1. The number of hydrogen-bond donors (Lipinski definition) is 0. The molecular formula is C20H22N4OS. The molecule has 2 aromatic carbocycles. The lowest BCUT2D eigenvalue weighted by molar-refractivity contribution is -0.117. The molecular weight excluding hydrogens is 344 g/mol. The highest BCUT2D eigenvalue weighted by Crippen LogP contribution is 2.29. The second-order valence-electron chi connectivity index (χ2n) is 5.90. The Morgan fingerprint density at radius 3 is 2.85 bits per heavy atom. The van der Waals surface area contributed by atoms with Crippen LogP contribution in [0.25, 0.3) is 10.8 Å². The predicted molar refractivity (Wildman–Crippen MR) is 108 cm³/mol. The van der Waals surface area contributed by atoms with Crippen molar-refractivity contribution in [3.05, 3.63) is 61.4 Å². The molecule has 1 unspecified atom stereocenters. The smallest absolute Gasteiger partial charge is 0.240 e. The van der Waals surface area contributed by atoms with E-state index in [4.69, 9.17) is 0 Å². The van der Waals surface area contributed by atoms with E-state index in [-0.39, 0.29) is 11.2 Å². The highest BCUT2D eigenvalue weighted by molar-refractivity contribution is 8.00. The predicted octanol–water partition coefficient (Wildman–Crippen LogP) is 4.15. The van der Waals surface area contributed by atoms with Crippen LogP contribution < -0.4 is 4.90 Å². The molecule has 0 aliphatic heterocycles. The van der Waals surface area contributed by atoms with Gasteiger partial charge in [-0.15, -0.1) is 16.8 Å². The molecule has 0 bridgehead atoms. The molecule has 0 radical (unpaired) electrons. The van der Waals surface area contributed by atoms with Crippen molar-refractivity contribution in [2.45, 2.75) is 30.8 Å². The van der Waals surface area contributed by atoms with Crippen molar-refractivity contribution in [2.75, 3.05) is 11.4 Å². The van der Waals surface area contributed by atoms with Gasteiger partial charge in [0.2, 0.25) is 5.91 Å². The van der Waals surface area contributed by atoms with Gasteiger partial charge < -0.3 is 9.47 Å². The van der Waals surface area contributed by atoms with Crippen LogP contribution in [-0.2, 0) is 11.3 Å². The van der Waals surface area contributed by atoms with Gasteiger partial charge in [-0.2, -0.15) is 0 Å². The Morgan fingerprint density at radius 1 is 1.31 bits per heavy atom. The molecule has 0 N–H and O–H groups in total. The van der Waals surface area contributed by atoms with E-state index < -0.39 is 0 Å². The van der Waals surface area contributed by atoms with E-state index in [2.05, 4.69) is 35.0 Å². The van der Waals surface area contributed by atoms with Crippen LogP contribution in [-0.4, -0.2) is 32.5 Å². The van der Waals surface area contributed by atoms with E-state index in [1.165, 1.54) is 11.8 Å². The Bertz CT molecular complexity index is 916. The molecule has 1 amide bonds. The zero-order chi connectivity index (χ0) is 18.5. The van der Waals surface area contributed by atoms with Crippen LogP contribution in [0.15, 0.2) is 66.6 Å². The molecule has 134 valence electrons. The molecule has 0 aliphatic carbocycles. The molecule has 1 aromatic heterocycles.